The van der Waals surface area contributed by atoms with E-state index in [-0.39, 0.29) is 16.9 Å². The second-order valence-corrected chi connectivity index (χ2v) is 2.90. The highest BCUT2D eigenvalue weighted by Gasteiger charge is 2.10. The van der Waals surface area contributed by atoms with E-state index in [4.69, 9.17) is 5.11 Å². The Balaban J connectivity index is 3.02. The maximum atomic E-state index is 12.0. The summed E-state index contributed by atoms with van der Waals surface area (Å²) < 4.78 is 24.3. The molecule has 0 amide bonds. The Labute approximate surface area is 76.4 Å². The zero-order valence-corrected chi connectivity index (χ0v) is 7.55. The molecule has 5 heteroatoms. The predicted octanol–water partition coefficient (Wildman–Crippen LogP) is 2.27. The van der Waals surface area contributed by atoms with Gasteiger partial charge in [-0.2, -0.15) is 0 Å². The molecule has 0 spiro atoms. The van der Waals surface area contributed by atoms with Gasteiger partial charge in [-0.3, -0.25) is 0 Å². The smallest absolute Gasteiger partial charge is 0.280 e. The van der Waals surface area contributed by atoms with E-state index < -0.39 is 6.43 Å². The first kappa shape index (κ1) is 9.54. The minimum Gasteiger partial charge on any atom is -0.392 e. The van der Waals surface area contributed by atoms with Gasteiger partial charge in [-0.1, -0.05) is 6.07 Å². The fourth-order valence-corrected chi connectivity index (χ4v) is 1.18. The Hall–Kier alpha value is -0.550. The van der Waals surface area contributed by atoms with Crippen LogP contribution in [0.5, 0.6) is 0 Å². The highest BCUT2D eigenvalue weighted by Crippen LogP contribution is 2.21. The fraction of sp³-hybridized carbons (Fsp3) is 0.286. The van der Waals surface area contributed by atoms with Crippen LogP contribution in [0.2, 0.25) is 0 Å². The molecule has 0 aliphatic carbocycles. The monoisotopic (exact) mass is 237 g/mol. The van der Waals surface area contributed by atoms with Crippen LogP contribution in [0.3, 0.4) is 0 Å². The molecule has 1 heterocycles. The number of rotatable bonds is 2. The van der Waals surface area contributed by atoms with E-state index in [1.807, 2.05) is 0 Å². The lowest BCUT2D eigenvalue weighted by Gasteiger charge is -2.02. The van der Waals surface area contributed by atoms with Crippen molar-refractivity contribution in [2.45, 2.75) is 13.0 Å². The van der Waals surface area contributed by atoms with Crippen LogP contribution in [-0.4, -0.2) is 10.1 Å². The average Bonchev–Trinajstić information content (AvgIpc) is 2.04. The van der Waals surface area contributed by atoms with Gasteiger partial charge in [-0.05, 0) is 22.0 Å². The molecular formula is C7H6BrF2NO. The van der Waals surface area contributed by atoms with Gasteiger partial charge < -0.3 is 5.11 Å². The number of aliphatic hydroxyl groups excluding tert-OH is 1. The third kappa shape index (κ3) is 1.98. The summed E-state index contributed by atoms with van der Waals surface area (Å²) in [6, 6.07) is 2.61. The van der Waals surface area contributed by atoms with Crippen LogP contribution < -0.4 is 0 Å². The SMILES string of the molecule is OCc1ccc(C(F)F)nc1Br. The van der Waals surface area contributed by atoms with Gasteiger partial charge in [-0.15, -0.1) is 0 Å². The van der Waals surface area contributed by atoms with Gasteiger partial charge in [0.25, 0.3) is 6.43 Å². The number of hydrogen-bond acceptors (Lipinski definition) is 2. The van der Waals surface area contributed by atoms with Crippen molar-refractivity contribution in [3.63, 3.8) is 0 Å². The molecule has 12 heavy (non-hydrogen) atoms. The van der Waals surface area contributed by atoms with Crippen molar-refractivity contribution in [3.05, 3.63) is 28.0 Å². The Morgan fingerprint density at radius 2 is 2.17 bits per heavy atom. The standard InChI is InChI=1S/C7H6BrF2NO/c8-6-4(3-12)1-2-5(11-6)7(9)10/h1-2,7,12H,3H2. The Kier molecular flexibility index (Phi) is 3.11. The summed E-state index contributed by atoms with van der Waals surface area (Å²) in [5.74, 6) is 0. The molecule has 1 N–H and O–H groups in total. The van der Waals surface area contributed by atoms with Gasteiger partial charge in [0.1, 0.15) is 10.3 Å². The summed E-state index contributed by atoms with van der Waals surface area (Å²) in [5, 5.41) is 8.69. The van der Waals surface area contributed by atoms with Crippen molar-refractivity contribution in [2.75, 3.05) is 0 Å². The van der Waals surface area contributed by atoms with Gasteiger partial charge in [0.05, 0.1) is 6.61 Å². The summed E-state index contributed by atoms with van der Waals surface area (Å²) >= 11 is 2.97. The maximum absolute atomic E-state index is 12.0. The van der Waals surface area contributed by atoms with Crippen molar-refractivity contribution >= 4 is 15.9 Å². The molecular weight excluding hydrogens is 232 g/mol. The molecule has 0 atom stereocenters. The Morgan fingerprint density at radius 3 is 2.58 bits per heavy atom. The second-order valence-electron chi connectivity index (χ2n) is 2.14. The van der Waals surface area contributed by atoms with Gasteiger partial charge in [0.2, 0.25) is 0 Å². The lowest BCUT2D eigenvalue weighted by atomic mass is 10.2. The highest BCUT2D eigenvalue weighted by atomic mass is 79.9. The third-order valence-corrected chi connectivity index (χ3v) is 2.03. The molecule has 0 saturated carbocycles. The zero-order chi connectivity index (χ0) is 9.14. The van der Waals surface area contributed by atoms with Gasteiger partial charge in [0.15, 0.2) is 0 Å². The van der Waals surface area contributed by atoms with Crippen molar-refractivity contribution in [1.29, 1.82) is 0 Å². The highest BCUT2D eigenvalue weighted by molar-refractivity contribution is 9.10. The number of aliphatic hydroxyl groups is 1. The lowest BCUT2D eigenvalue weighted by molar-refractivity contribution is 0.145. The normalized spacial score (nSPS) is 10.8. The molecule has 1 aromatic heterocycles. The van der Waals surface area contributed by atoms with E-state index in [0.717, 1.165) is 0 Å². The number of hydrogen-bond donors (Lipinski definition) is 1. The van der Waals surface area contributed by atoms with E-state index in [1.165, 1.54) is 12.1 Å². The number of halogens is 3. The summed E-state index contributed by atoms with van der Waals surface area (Å²) in [6.45, 7) is -0.211. The average molecular weight is 238 g/mol. The fourth-order valence-electron chi connectivity index (χ4n) is 0.717. The van der Waals surface area contributed by atoms with Gasteiger partial charge in [-0.25, -0.2) is 13.8 Å². The molecule has 66 valence electrons. The number of alkyl halides is 2. The van der Waals surface area contributed by atoms with Crippen LogP contribution in [0.1, 0.15) is 17.7 Å². The molecule has 0 saturated heterocycles. The van der Waals surface area contributed by atoms with Crippen LogP contribution in [-0.2, 0) is 6.61 Å². The summed E-state index contributed by atoms with van der Waals surface area (Å²) in [6.07, 6.45) is -2.57. The molecule has 0 bridgehead atoms. The molecule has 0 aromatic carbocycles. The first-order chi connectivity index (χ1) is 5.65. The van der Waals surface area contributed by atoms with Crippen LogP contribution >= 0.6 is 15.9 Å². The summed E-state index contributed by atoms with van der Waals surface area (Å²) in [5.41, 5.74) is 0.207. The van der Waals surface area contributed by atoms with Crippen LogP contribution in [0.4, 0.5) is 8.78 Å². The Morgan fingerprint density at radius 1 is 1.50 bits per heavy atom. The summed E-state index contributed by atoms with van der Waals surface area (Å²) in [7, 11) is 0. The molecule has 0 unspecified atom stereocenters. The van der Waals surface area contributed by atoms with Crippen molar-refractivity contribution in [3.8, 4) is 0 Å². The van der Waals surface area contributed by atoms with Crippen molar-refractivity contribution < 1.29 is 13.9 Å². The predicted molar refractivity (Wildman–Crippen MR) is 42.8 cm³/mol. The Bertz CT molecular complexity index is 280. The molecule has 0 aliphatic rings. The zero-order valence-electron chi connectivity index (χ0n) is 5.97. The van der Waals surface area contributed by atoms with Crippen LogP contribution in [0, 0.1) is 0 Å². The molecule has 1 rings (SSSR count). The van der Waals surface area contributed by atoms with Gasteiger partial charge >= 0.3 is 0 Å². The van der Waals surface area contributed by atoms with Gasteiger partial charge in [0, 0.05) is 5.56 Å². The molecule has 1 aromatic rings. The maximum Gasteiger partial charge on any atom is 0.280 e. The van der Waals surface area contributed by atoms with E-state index in [9.17, 15) is 8.78 Å². The van der Waals surface area contributed by atoms with Crippen LogP contribution in [0.15, 0.2) is 16.7 Å². The van der Waals surface area contributed by atoms with E-state index in [2.05, 4.69) is 20.9 Å². The van der Waals surface area contributed by atoms with E-state index in [1.54, 1.807) is 0 Å². The molecule has 0 fully saturated rings. The number of nitrogens with zero attached hydrogens (tertiary/aromatic N) is 1. The minimum atomic E-state index is -2.57. The van der Waals surface area contributed by atoms with Crippen molar-refractivity contribution in [1.82, 2.24) is 4.98 Å². The van der Waals surface area contributed by atoms with Crippen LogP contribution in [0.25, 0.3) is 0 Å². The second kappa shape index (κ2) is 3.91. The molecule has 2 nitrogen and oxygen atoms in total. The summed E-state index contributed by atoms with van der Waals surface area (Å²) in [4.78, 5) is 3.55. The first-order valence-electron chi connectivity index (χ1n) is 3.19. The van der Waals surface area contributed by atoms with E-state index in [0.29, 0.717) is 5.56 Å². The van der Waals surface area contributed by atoms with E-state index >= 15 is 0 Å². The molecule has 0 aliphatic heterocycles. The number of aromatic nitrogens is 1. The first-order valence-corrected chi connectivity index (χ1v) is 3.98. The minimum absolute atomic E-state index is 0.211. The molecule has 0 radical (unpaired) electrons. The largest absolute Gasteiger partial charge is 0.392 e. The lowest BCUT2D eigenvalue weighted by Crippen LogP contribution is -1.94. The topological polar surface area (TPSA) is 33.1 Å². The number of pyridine rings is 1. The third-order valence-electron chi connectivity index (χ3n) is 1.34. The quantitative estimate of drug-likeness (QED) is 0.801. The van der Waals surface area contributed by atoms with Crippen molar-refractivity contribution in [2.24, 2.45) is 0 Å².